The number of amides is 1. The van der Waals surface area contributed by atoms with Gasteiger partial charge >= 0.3 is 27.4 Å². The molecule has 0 radical (unpaired) electrons. The van der Waals surface area contributed by atoms with E-state index in [-0.39, 0.29) is 0 Å². The number of rotatable bonds is 11. The normalized spacial score (nSPS) is 23.3. The third kappa shape index (κ3) is 8.53. The summed E-state index contributed by atoms with van der Waals surface area (Å²) in [5.74, 6) is 0. The second-order valence-electron chi connectivity index (χ2n) is 8.51. The van der Waals surface area contributed by atoms with E-state index in [1.807, 2.05) is 4.98 Å². The largest absolute Gasteiger partial charge is 0.481 e. The minimum atomic E-state index is -5.28. The molecule has 1 aromatic heterocycles. The summed E-state index contributed by atoms with van der Waals surface area (Å²) >= 11 is 0. The van der Waals surface area contributed by atoms with Crippen molar-refractivity contribution in [2.24, 2.45) is 0 Å². The van der Waals surface area contributed by atoms with Crippen LogP contribution in [0.3, 0.4) is 0 Å². The first-order valence-electron chi connectivity index (χ1n) is 11.8. The number of carbonyl (C=O) groups is 1. The summed E-state index contributed by atoms with van der Waals surface area (Å²) in [6.07, 6.45) is -6.41. The van der Waals surface area contributed by atoms with E-state index >= 15 is 0 Å². The van der Waals surface area contributed by atoms with Crippen molar-refractivity contribution in [2.45, 2.75) is 31.1 Å². The molecule has 1 fully saturated rings. The number of hydrogen-bond donors (Lipinski definition) is 5. The Morgan fingerprint density at radius 3 is 2.27 bits per heavy atom. The summed E-state index contributed by atoms with van der Waals surface area (Å²) in [5, 5.41) is 13.3. The molecule has 41 heavy (non-hydrogen) atoms. The van der Waals surface area contributed by atoms with Gasteiger partial charge in [-0.2, -0.15) is 4.31 Å². The summed E-state index contributed by atoms with van der Waals surface area (Å²) in [5.41, 5.74) is -0.871. The average molecular weight is 613 g/mol. The lowest BCUT2D eigenvalue weighted by Crippen LogP contribution is -2.41. The number of para-hydroxylation sites is 1. The van der Waals surface area contributed by atoms with Gasteiger partial charge in [0.25, 0.3) is 5.56 Å². The van der Waals surface area contributed by atoms with Crippen LogP contribution < -0.4 is 16.6 Å². The number of ether oxygens (including phenoxy) is 2. The van der Waals surface area contributed by atoms with E-state index in [2.05, 4.69) is 9.63 Å². The highest BCUT2D eigenvalue weighted by molar-refractivity contribution is 7.61. The maximum atomic E-state index is 12.5. The van der Waals surface area contributed by atoms with Crippen LogP contribution in [0.5, 0.6) is 0 Å². The van der Waals surface area contributed by atoms with Gasteiger partial charge < -0.3 is 24.4 Å². The number of phosphoric ester groups is 2. The lowest BCUT2D eigenvalue weighted by molar-refractivity contribution is -0.0552. The minimum absolute atomic E-state index is 0.352. The maximum absolute atomic E-state index is 12.5. The molecule has 1 saturated heterocycles. The molecule has 1 amide bonds. The van der Waals surface area contributed by atoms with Crippen molar-refractivity contribution >= 4 is 27.4 Å². The highest BCUT2D eigenvalue weighted by atomic mass is 31.3. The van der Waals surface area contributed by atoms with Crippen LogP contribution in [0.4, 0.5) is 10.5 Å². The van der Waals surface area contributed by atoms with Gasteiger partial charge in [0, 0.05) is 18.0 Å². The number of anilines is 1. The van der Waals surface area contributed by atoms with E-state index in [0.29, 0.717) is 11.3 Å². The third-order valence-corrected chi connectivity index (χ3v) is 8.13. The number of H-pyrrole nitrogens is 1. The zero-order valence-corrected chi connectivity index (χ0v) is 22.7. The first kappa shape index (κ1) is 30.5. The van der Waals surface area contributed by atoms with E-state index in [4.69, 9.17) is 18.5 Å². The molecule has 6 atom stereocenters. The van der Waals surface area contributed by atoms with Gasteiger partial charge in [0.05, 0.1) is 13.2 Å². The van der Waals surface area contributed by atoms with E-state index in [1.54, 1.807) is 60.7 Å². The first-order valence-corrected chi connectivity index (χ1v) is 14.8. The fourth-order valence-corrected chi connectivity index (χ4v) is 5.77. The van der Waals surface area contributed by atoms with Crippen LogP contribution >= 0.6 is 15.6 Å². The third-order valence-electron chi connectivity index (χ3n) is 5.55. The van der Waals surface area contributed by atoms with Gasteiger partial charge in [-0.1, -0.05) is 48.5 Å². The number of benzene rings is 2. The van der Waals surface area contributed by atoms with Gasteiger partial charge in [0.2, 0.25) is 0 Å². The standard InChI is InChI=1S/C23H25N3O13P2/c27-18-11-12-26(22(29)25-18)21-20(38-23(30)24-16-9-5-2-6-10-16)19(28)17(37-21)14-36-41(33,34)39-40(31,32)35-13-15-7-3-1-4-8-15/h1-12,17,19-21,28H,13-14H2,(H,24,30)(H,31,32)(H,33,34)(H,25,27,29)/t17-,19+,20?,21-/m1/s1. The second kappa shape index (κ2) is 13.0. The average Bonchev–Trinajstić information content (AvgIpc) is 3.21. The molecule has 0 aliphatic carbocycles. The molecule has 220 valence electrons. The fourth-order valence-electron chi connectivity index (χ4n) is 3.70. The number of nitrogens with one attached hydrogen (secondary N) is 2. The fraction of sp³-hybridized carbons (Fsp3) is 0.261. The van der Waals surface area contributed by atoms with Gasteiger partial charge in [-0.3, -0.25) is 28.7 Å². The van der Waals surface area contributed by atoms with Gasteiger partial charge in [-0.05, 0) is 17.7 Å². The Bertz CT molecular complexity index is 1550. The highest BCUT2D eigenvalue weighted by Gasteiger charge is 2.49. The molecule has 3 unspecified atom stereocenters. The van der Waals surface area contributed by atoms with Crippen LogP contribution in [0.15, 0.2) is 82.5 Å². The lowest BCUT2D eigenvalue weighted by atomic mass is 10.1. The number of aliphatic hydroxyl groups excluding tert-OH is 1. The Morgan fingerprint density at radius 1 is 0.976 bits per heavy atom. The topological polar surface area (TPSA) is 225 Å². The molecule has 2 aromatic carbocycles. The smallest absolute Gasteiger partial charge is 0.438 e. The Balaban J connectivity index is 1.44. The Labute approximate surface area is 231 Å². The van der Waals surface area contributed by atoms with E-state index in [0.717, 1.165) is 16.8 Å². The quantitative estimate of drug-likeness (QED) is 0.195. The van der Waals surface area contributed by atoms with Crippen LogP contribution in [0.1, 0.15) is 11.8 Å². The number of nitrogens with zero attached hydrogens (tertiary/aromatic N) is 1. The molecule has 0 spiro atoms. The van der Waals surface area contributed by atoms with Crippen LogP contribution in [-0.4, -0.2) is 55.5 Å². The van der Waals surface area contributed by atoms with Crippen molar-refractivity contribution in [3.63, 3.8) is 0 Å². The second-order valence-corrected chi connectivity index (χ2v) is 11.6. The van der Waals surface area contributed by atoms with Crippen molar-refractivity contribution in [3.8, 4) is 0 Å². The zero-order valence-electron chi connectivity index (χ0n) is 20.9. The molecule has 3 aromatic rings. The van der Waals surface area contributed by atoms with E-state index in [1.165, 1.54) is 0 Å². The molecule has 0 saturated carbocycles. The number of hydrogen-bond acceptors (Lipinski definition) is 11. The number of carbonyl (C=O) groups excluding carboxylic acids is 1. The molecule has 16 nitrogen and oxygen atoms in total. The summed E-state index contributed by atoms with van der Waals surface area (Å²) in [6.45, 7) is -1.35. The van der Waals surface area contributed by atoms with Crippen LogP contribution in [-0.2, 0) is 38.6 Å². The molecule has 2 heterocycles. The van der Waals surface area contributed by atoms with Crippen LogP contribution in [0, 0.1) is 0 Å². The molecule has 0 bridgehead atoms. The number of aromatic amines is 1. The summed E-state index contributed by atoms with van der Waals surface area (Å²) < 4.78 is 50.0. The summed E-state index contributed by atoms with van der Waals surface area (Å²) in [7, 11) is -10.4. The monoisotopic (exact) mass is 613 g/mol. The predicted molar refractivity (Wildman–Crippen MR) is 139 cm³/mol. The van der Waals surface area contributed by atoms with Gasteiger partial charge in [-0.25, -0.2) is 18.7 Å². The maximum Gasteiger partial charge on any atom is 0.481 e. The van der Waals surface area contributed by atoms with Crippen molar-refractivity contribution in [3.05, 3.63) is 99.3 Å². The number of aromatic nitrogens is 2. The minimum Gasteiger partial charge on any atom is -0.438 e. The lowest BCUT2D eigenvalue weighted by Gasteiger charge is -2.22. The van der Waals surface area contributed by atoms with Gasteiger partial charge in [-0.15, -0.1) is 0 Å². The van der Waals surface area contributed by atoms with Crippen molar-refractivity contribution in [1.29, 1.82) is 0 Å². The number of phosphoric acid groups is 2. The van der Waals surface area contributed by atoms with Crippen LogP contribution in [0.2, 0.25) is 0 Å². The molecular formula is C23H25N3O13P2. The summed E-state index contributed by atoms with van der Waals surface area (Å²) in [4.78, 5) is 58.2. The van der Waals surface area contributed by atoms with Crippen molar-refractivity contribution in [2.75, 3.05) is 11.9 Å². The van der Waals surface area contributed by atoms with Crippen molar-refractivity contribution in [1.82, 2.24) is 9.55 Å². The molecule has 1 aliphatic rings. The molecule has 18 heteroatoms. The first-order chi connectivity index (χ1) is 19.4. The zero-order chi connectivity index (χ0) is 29.6. The predicted octanol–water partition coefficient (Wildman–Crippen LogP) is 1.86. The van der Waals surface area contributed by atoms with Gasteiger partial charge in [0.15, 0.2) is 12.3 Å². The summed E-state index contributed by atoms with van der Waals surface area (Å²) in [6, 6.07) is 17.3. The SMILES string of the molecule is O=C(Nc1ccccc1)OC1[C@@H](O)[C@@H](COP(=O)(O)OP(=O)(O)OCc2ccccc2)O[C@H]1n1ccc(=O)[nH]c1=O. The van der Waals surface area contributed by atoms with E-state index < -0.39 is 70.7 Å². The Morgan fingerprint density at radius 2 is 1.61 bits per heavy atom. The van der Waals surface area contributed by atoms with Crippen molar-refractivity contribution < 1.29 is 51.6 Å². The van der Waals surface area contributed by atoms with Gasteiger partial charge in [0.1, 0.15) is 12.2 Å². The highest BCUT2D eigenvalue weighted by Crippen LogP contribution is 2.60. The molecule has 4 rings (SSSR count). The molecule has 5 N–H and O–H groups in total. The molecular weight excluding hydrogens is 588 g/mol. The van der Waals surface area contributed by atoms with Crippen LogP contribution in [0.25, 0.3) is 0 Å². The number of aliphatic hydroxyl groups is 1. The van der Waals surface area contributed by atoms with E-state index in [9.17, 15) is 38.4 Å². The Kier molecular flexibility index (Phi) is 9.71. The Hall–Kier alpha value is -3.43. The molecule has 1 aliphatic heterocycles.